The zero-order valence-corrected chi connectivity index (χ0v) is 11.4. The highest BCUT2D eigenvalue weighted by Gasteiger charge is 2.23. The largest absolute Gasteiger partial charge is 0.481 e. The van der Waals surface area contributed by atoms with Crippen LogP contribution in [0.2, 0.25) is 0 Å². The standard InChI is InChI=1S/C11H18N2O9/c14-5(3-12-6(10(19)20)1-8(15)16)4-13-7(11(21)22)2-9(17)18/h5-7,12-14H,1-4H2,(H,15,16)(H,17,18)(H,19,20)(H,21,22)/t5?,6-,7?/m0/s1. The molecule has 0 aliphatic rings. The lowest BCUT2D eigenvalue weighted by Crippen LogP contribution is -2.47. The molecule has 0 rings (SSSR count). The number of hydrogen-bond donors (Lipinski definition) is 7. The van der Waals surface area contributed by atoms with E-state index in [1.807, 2.05) is 0 Å². The fourth-order valence-corrected chi connectivity index (χ4v) is 1.47. The molecule has 0 saturated carbocycles. The van der Waals surface area contributed by atoms with Crippen molar-refractivity contribution in [2.24, 2.45) is 0 Å². The van der Waals surface area contributed by atoms with Gasteiger partial charge in [-0.15, -0.1) is 0 Å². The van der Waals surface area contributed by atoms with Crippen molar-refractivity contribution < 1.29 is 44.7 Å². The van der Waals surface area contributed by atoms with E-state index in [1.165, 1.54) is 0 Å². The second-order valence-corrected chi connectivity index (χ2v) is 4.45. The van der Waals surface area contributed by atoms with Crippen LogP contribution in [0.4, 0.5) is 0 Å². The molecule has 0 aliphatic carbocycles. The van der Waals surface area contributed by atoms with Gasteiger partial charge in [-0.2, -0.15) is 0 Å². The van der Waals surface area contributed by atoms with E-state index in [2.05, 4.69) is 10.6 Å². The van der Waals surface area contributed by atoms with Crippen LogP contribution in [0, 0.1) is 0 Å². The van der Waals surface area contributed by atoms with E-state index in [4.69, 9.17) is 20.4 Å². The molecule has 22 heavy (non-hydrogen) atoms. The first-order valence-electron chi connectivity index (χ1n) is 6.17. The van der Waals surface area contributed by atoms with Gasteiger partial charge in [-0.25, -0.2) is 0 Å². The molecule has 0 spiro atoms. The lowest BCUT2D eigenvalue weighted by atomic mass is 10.2. The summed E-state index contributed by atoms with van der Waals surface area (Å²) >= 11 is 0. The van der Waals surface area contributed by atoms with Crippen molar-refractivity contribution in [2.45, 2.75) is 31.0 Å². The summed E-state index contributed by atoms with van der Waals surface area (Å²) in [4.78, 5) is 42.4. The highest BCUT2D eigenvalue weighted by Crippen LogP contribution is 1.96. The third-order valence-corrected chi connectivity index (χ3v) is 2.55. The molecule has 0 amide bonds. The van der Waals surface area contributed by atoms with Gasteiger partial charge in [0, 0.05) is 13.1 Å². The molecular formula is C11H18N2O9. The normalized spacial score (nSPS) is 14.8. The van der Waals surface area contributed by atoms with Gasteiger partial charge in [-0.1, -0.05) is 0 Å². The van der Waals surface area contributed by atoms with E-state index in [0.29, 0.717) is 0 Å². The molecule has 0 aromatic rings. The number of hydrogen-bond acceptors (Lipinski definition) is 7. The summed E-state index contributed by atoms with van der Waals surface area (Å²) in [6.45, 7) is -0.618. The maximum Gasteiger partial charge on any atom is 0.321 e. The molecule has 0 aromatic carbocycles. The van der Waals surface area contributed by atoms with E-state index < -0.39 is 54.9 Å². The molecule has 0 aromatic heterocycles. The van der Waals surface area contributed by atoms with Crippen LogP contribution in [-0.2, 0) is 19.2 Å². The summed E-state index contributed by atoms with van der Waals surface area (Å²) in [6, 6.07) is -2.80. The molecule has 2 unspecified atom stereocenters. The number of aliphatic hydroxyl groups is 1. The van der Waals surface area contributed by atoms with Crippen molar-refractivity contribution in [3.8, 4) is 0 Å². The summed E-state index contributed by atoms with van der Waals surface area (Å²) in [7, 11) is 0. The third-order valence-electron chi connectivity index (χ3n) is 2.55. The van der Waals surface area contributed by atoms with Gasteiger partial charge in [-0.3, -0.25) is 19.2 Å². The lowest BCUT2D eigenvalue weighted by molar-refractivity contribution is -0.146. The summed E-state index contributed by atoms with van der Waals surface area (Å²) in [5.74, 6) is -5.48. The topological polar surface area (TPSA) is 193 Å². The van der Waals surface area contributed by atoms with Crippen LogP contribution < -0.4 is 10.6 Å². The van der Waals surface area contributed by atoms with Crippen molar-refractivity contribution in [3.63, 3.8) is 0 Å². The van der Waals surface area contributed by atoms with Crippen LogP contribution in [0.15, 0.2) is 0 Å². The van der Waals surface area contributed by atoms with Gasteiger partial charge < -0.3 is 36.2 Å². The van der Waals surface area contributed by atoms with Crippen molar-refractivity contribution >= 4 is 23.9 Å². The van der Waals surface area contributed by atoms with E-state index in [1.54, 1.807) is 0 Å². The molecule has 3 atom stereocenters. The van der Waals surface area contributed by atoms with Gasteiger partial charge in [0.05, 0.1) is 18.9 Å². The molecule has 126 valence electrons. The van der Waals surface area contributed by atoms with Crippen LogP contribution in [0.3, 0.4) is 0 Å². The molecule has 0 saturated heterocycles. The average molecular weight is 322 g/mol. The molecule has 7 N–H and O–H groups in total. The van der Waals surface area contributed by atoms with Gasteiger partial charge in [0.2, 0.25) is 0 Å². The van der Waals surface area contributed by atoms with Gasteiger partial charge >= 0.3 is 23.9 Å². The Bertz CT molecular complexity index is 388. The summed E-state index contributed by atoms with van der Waals surface area (Å²) in [6.07, 6.45) is -2.61. The van der Waals surface area contributed by atoms with E-state index >= 15 is 0 Å². The van der Waals surface area contributed by atoms with Gasteiger partial charge in [0.25, 0.3) is 0 Å². The summed E-state index contributed by atoms with van der Waals surface area (Å²) in [5.41, 5.74) is 0. The molecule has 0 heterocycles. The van der Waals surface area contributed by atoms with Crippen LogP contribution in [0.5, 0.6) is 0 Å². The number of aliphatic hydroxyl groups excluding tert-OH is 1. The number of aliphatic carboxylic acids is 4. The molecule has 0 aliphatic heterocycles. The van der Waals surface area contributed by atoms with Crippen molar-refractivity contribution in [3.05, 3.63) is 0 Å². The minimum absolute atomic E-state index is 0.309. The summed E-state index contributed by atoms with van der Waals surface area (Å²) < 4.78 is 0. The van der Waals surface area contributed by atoms with Crippen molar-refractivity contribution in [1.29, 1.82) is 0 Å². The summed E-state index contributed by atoms with van der Waals surface area (Å²) in [5, 5.41) is 48.8. The Kier molecular flexibility index (Phi) is 8.67. The quantitative estimate of drug-likeness (QED) is 0.199. The number of rotatable bonds is 12. The predicted molar refractivity (Wildman–Crippen MR) is 69.4 cm³/mol. The van der Waals surface area contributed by atoms with E-state index in [-0.39, 0.29) is 13.1 Å². The number of carboxylic acids is 4. The first-order valence-corrected chi connectivity index (χ1v) is 6.17. The van der Waals surface area contributed by atoms with E-state index in [0.717, 1.165) is 0 Å². The van der Waals surface area contributed by atoms with Gasteiger partial charge in [0.15, 0.2) is 0 Å². The maximum atomic E-state index is 10.8. The zero-order chi connectivity index (χ0) is 17.3. The SMILES string of the molecule is O=C(O)CC(NCC(O)CN[C@@H](CC(=O)O)C(=O)O)C(=O)O. The van der Waals surface area contributed by atoms with Crippen molar-refractivity contribution in [1.82, 2.24) is 10.6 Å². The van der Waals surface area contributed by atoms with Crippen LogP contribution in [-0.4, -0.2) is 80.7 Å². The fourth-order valence-electron chi connectivity index (χ4n) is 1.47. The average Bonchev–Trinajstić information content (AvgIpc) is 2.37. The van der Waals surface area contributed by atoms with Crippen LogP contribution in [0.1, 0.15) is 12.8 Å². The highest BCUT2D eigenvalue weighted by molar-refractivity contribution is 5.81. The predicted octanol–water partition coefficient (Wildman–Crippen LogP) is -2.62. The molecule has 0 radical (unpaired) electrons. The maximum absolute atomic E-state index is 10.8. The lowest BCUT2D eigenvalue weighted by Gasteiger charge is -2.18. The molecule has 0 bridgehead atoms. The number of carbonyl (C=O) groups is 4. The molecule has 11 heteroatoms. The number of carboxylic acid groups (broad SMARTS) is 4. The molecule has 11 nitrogen and oxygen atoms in total. The Balaban J connectivity index is 4.28. The van der Waals surface area contributed by atoms with Crippen molar-refractivity contribution in [2.75, 3.05) is 13.1 Å². The van der Waals surface area contributed by atoms with Crippen LogP contribution >= 0.6 is 0 Å². The second-order valence-electron chi connectivity index (χ2n) is 4.45. The van der Waals surface area contributed by atoms with E-state index in [9.17, 15) is 24.3 Å². The Morgan fingerprint density at radius 3 is 1.27 bits per heavy atom. The first kappa shape index (κ1) is 19.8. The van der Waals surface area contributed by atoms with Gasteiger partial charge in [-0.05, 0) is 0 Å². The Labute approximate surface area is 124 Å². The number of nitrogens with one attached hydrogen (secondary N) is 2. The van der Waals surface area contributed by atoms with Gasteiger partial charge in [0.1, 0.15) is 12.1 Å². The van der Waals surface area contributed by atoms with Crippen LogP contribution in [0.25, 0.3) is 0 Å². The Hall–Kier alpha value is -2.24. The first-order chi connectivity index (χ1) is 10.1. The third kappa shape index (κ3) is 8.84. The second kappa shape index (κ2) is 9.65. The highest BCUT2D eigenvalue weighted by atomic mass is 16.4. The molecular weight excluding hydrogens is 304 g/mol. The Morgan fingerprint density at radius 2 is 1.05 bits per heavy atom. The molecule has 0 fully saturated rings. The zero-order valence-electron chi connectivity index (χ0n) is 11.4. The monoisotopic (exact) mass is 322 g/mol. The smallest absolute Gasteiger partial charge is 0.321 e. The Morgan fingerprint density at radius 1 is 0.727 bits per heavy atom. The fraction of sp³-hybridized carbons (Fsp3) is 0.636. The minimum Gasteiger partial charge on any atom is -0.481 e. The minimum atomic E-state index is -1.41.